The van der Waals surface area contributed by atoms with Crippen molar-refractivity contribution in [2.75, 3.05) is 11.9 Å². The molecule has 0 aliphatic carbocycles. The van der Waals surface area contributed by atoms with Gasteiger partial charge in [-0.3, -0.25) is 4.79 Å². The standard InChI is InChI=1S/C8H9BrN2O/c1-2-10-8-6(5-12)3-4-7(9)11-8/h3-5H,2H2,1H3,(H,10,11). The van der Waals surface area contributed by atoms with E-state index in [1.165, 1.54) is 0 Å². The van der Waals surface area contributed by atoms with Gasteiger partial charge >= 0.3 is 0 Å². The maximum Gasteiger partial charge on any atom is 0.153 e. The molecule has 3 nitrogen and oxygen atoms in total. The summed E-state index contributed by atoms with van der Waals surface area (Å²) in [4.78, 5) is 14.6. The summed E-state index contributed by atoms with van der Waals surface area (Å²) >= 11 is 3.23. The molecule has 0 aromatic carbocycles. The molecule has 1 N–H and O–H groups in total. The zero-order chi connectivity index (χ0) is 8.97. The lowest BCUT2D eigenvalue weighted by atomic mass is 10.3. The average molecular weight is 229 g/mol. The van der Waals surface area contributed by atoms with Gasteiger partial charge in [0, 0.05) is 6.54 Å². The van der Waals surface area contributed by atoms with Crippen LogP contribution in [0.5, 0.6) is 0 Å². The predicted octanol–water partition coefficient (Wildman–Crippen LogP) is 2.09. The second kappa shape index (κ2) is 4.21. The van der Waals surface area contributed by atoms with Gasteiger partial charge in [0.05, 0.1) is 5.56 Å². The minimum Gasteiger partial charge on any atom is -0.370 e. The largest absolute Gasteiger partial charge is 0.370 e. The number of aldehydes is 1. The number of rotatable bonds is 3. The molecule has 0 saturated heterocycles. The third-order valence-electron chi connectivity index (χ3n) is 1.36. The summed E-state index contributed by atoms with van der Waals surface area (Å²) in [6.45, 7) is 2.71. The fraction of sp³-hybridized carbons (Fsp3) is 0.250. The van der Waals surface area contributed by atoms with Crippen molar-refractivity contribution in [2.24, 2.45) is 0 Å². The smallest absolute Gasteiger partial charge is 0.153 e. The van der Waals surface area contributed by atoms with Gasteiger partial charge in [-0.1, -0.05) is 0 Å². The Labute approximate surface area is 79.3 Å². The normalized spacial score (nSPS) is 9.50. The minimum absolute atomic E-state index is 0.583. The van der Waals surface area contributed by atoms with E-state index in [2.05, 4.69) is 26.2 Å². The Bertz CT molecular complexity index is 288. The highest BCUT2D eigenvalue weighted by Gasteiger charge is 2.01. The topological polar surface area (TPSA) is 42.0 Å². The number of nitrogens with one attached hydrogen (secondary N) is 1. The molecule has 0 amide bonds. The molecule has 0 unspecified atom stereocenters. The van der Waals surface area contributed by atoms with E-state index in [1.54, 1.807) is 12.1 Å². The van der Waals surface area contributed by atoms with Gasteiger partial charge in [0.2, 0.25) is 0 Å². The Balaban J connectivity index is 3.03. The molecule has 4 heteroatoms. The molecule has 0 radical (unpaired) electrons. The van der Waals surface area contributed by atoms with Crippen molar-refractivity contribution in [2.45, 2.75) is 6.92 Å². The van der Waals surface area contributed by atoms with E-state index in [-0.39, 0.29) is 0 Å². The SMILES string of the molecule is CCNc1nc(Br)ccc1C=O. The molecule has 0 saturated carbocycles. The maximum absolute atomic E-state index is 10.5. The second-order valence-corrected chi connectivity index (χ2v) is 3.03. The molecule has 1 aromatic rings. The number of hydrogen-bond acceptors (Lipinski definition) is 3. The summed E-state index contributed by atoms with van der Waals surface area (Å²) in [6, 6.07) is 3.46. The van der Waals surface area contributed by atoms with Crippen LogP contribution in [0.4, 0.5) is 5.82 Å². The Kier molecular flexibility index (Phi) is 3.22. The van der Waals surface area contributed by atoms with E-state index in [0.29, 0.717) is 11.4 Å². The summed E-state index contributed by atoms with van der Waals surface area (Å²) in [5.41, 5.74) is 0.583. The molecule has 0 aliphatic rings. The highest BCUT2D eigenvalue weighted by atomic mass is 79.9. The van der Waals surface area contributed by atoms with Gasteiger partial charge in [0.1, 0.15) is 10.4 Å². The number of carbonyl (C=O) groups excluding carboxylic acids is 1. The first kappa shape index (κ1) is 9.19. The molecule has 12 heavy (non-hydrogen) atoms. The fourth-order valence-electron chi connectivity index (χ4n) is 0.850. The number of hydrogen-bond donors (Lipinski definition) is 1. The van der Waals surface area contributed by atoms with Crippen LogP contribution >= 0.6 is 15.9 Å². The van der Waals surface area contributed by atoms with E-state index < -0.39 is 0 Å². The number of carbonyl (C=O) groups is 1. The zero-order valence-corrected chi connectivity index (χ0v) is 8.26. The van der Waals surface area contributed by atoms with E-state index in [9.17, 15) is 4.79 Å². The first-order chi connectivity index (χ1) is 5.77. The van der Waals surface area contributed by atoms with E-state index in [1.807, 2.05) is 6.92 Å². The lowest BCUT2D eigenvalue weighted by Crippen LogP contribution is -2.02. The van der Waals surface area contributed by atoms with Crippen LogP contribution in [0.25, 0.3) is 0 Å². The third-order valence-corrected chi connectivity index (χ3v) is 1.81. The van der Waals surface area contributed by atoms with Gasteiger partial charge in [-0.2, -0.15) is 0 Å². The molecular weight excluding hydrogens is 220 g/mol. The summed E-state index contributed by atoms with van der Waals surface area (Å²) in [6.07, 6.45) is 0.789. The molecule has 64 valence electrons. The highest BCUT2D eigenvalue weighted by Crippen LogP contribution is 2.14. The van der Waals surface area contributed by atoms with Gasteiger partial charge in [-0.05, 0) is 35.0 Å². The van der Waals surface area contributed by atoms with Crippen LogP contribution in [0.2, 0.25) is 0 Å². The van der Waals surface area contributed by atoms with Gasteiger partial charge in [0.25, 0.3) is 0 Å². The van der Waals surface area contributed by atoms with Crippen molar-refractivity contribution >= 4 is 28.0 Å². The number of nitrogens with zero attached hydrogens (tertiary/aromatic N) is 1. The average Bonchev–Trinajstić information content (AvgIpc) is 2.05. The molecule has 0 bridgehead atoms. The van der Waals surface area contributed by atoms with Crippen molar-refractivity contribution in [3.05, 3.63) is 22.3 Å². The van der Waals surface area contributed by atoms with Crippen LogP contribution in [0.15, 0.2) is 16.7 Å². The number of anilines is 1. The van der Waals surface area contributed by atoms with Gasteiger partial charge in [0.15, 0.2) is 6.29 Å². The Morgan fingerprint density at radius 1 is 1.67 bits per heavy atom. The maximum atomic E-state index is 10.5. The molecule has 0 spiro atoms. The minimum atomic E-state index is 0.583. The van der Waals surface area contributed by atoms with E-state index in [4.69, 9.17) is 0 Å². The molecule has 1 heterocycles. The quantitative estimate of drug-likeness (QED) is 0.637. The Morgan fingerprint density at radius 2 is 2.42 bits per heavy atom. The molecule has 0 atom stereocenters. The van der Waals surface area contributed by atoms with Crippen LogP contribution in [0.3, 0.4) is 0 Å². The van der Waals surface area contributed by atoms with Crippen LogP contribution in [0.1, 0.15) is 17.3 Å². The molecule has 0 aliphatic heterocycles. The summed E-state index contributed by atoms with van der Waals surface area (Å²) < 4.78 is 0.726. The van der Waals surface area contributed by atoms with E-state index >= 15 is 0 Å². The van der Waals surface area contributed by atoms with Crippen molar-refractivity contribution < 1.29 is 4.79 Å². The lowest BCUT2D eigenvalue weighted by Gasteiger charge is -2.04. The number of pyridine rings is 1. The fourth-order valence-corrected chi connectivity index (χ4v) is 1.16. The van der Waals surface area contributed by atoms with Crippen LogP contribution in [-0.2, 0) is 0 Å². The van der Waals surface area contributed by atoms with Crippen LogP contribution in [-0.4, -0.2) is 17.8 Å². The summed E-state index contributed by atoms with van der Waals surface area (Å²) in [5, 5.41) is 3.00. The Morgan fingerprint density at radius 3 is 3.00 bits per heavy atom. The predicted molar refractivity (Wildman–Crippen MR) is 51.5 cm³/mol. The Hall–Kier alpha value is -0.900. The van der Waals surface area contributed by atoms with Gasteiger partial charge in [-0.15, -0.1) is 0 Å². The molecule has 0 fully saturated rings. The second-order valence-electron chi connectivity index (χ2n) is 2.22. The summed E-state index contributed by atoms with van der Waals surface area (Å²) in [7, 11) is 0. The third kappa shape index (κ3) is 2.04. The first-order valence-corrected chi connectivity index (χ1v) is 4.42. The van der Waals surface area contributed by atoms with Crippen LogP contribution in [0, 0.1) is 0 Å². The van der Waals surface area contributed by atoms with Gasteiger partial charge < -0.3 is 5.32 Å². The van der Waals surface area contributed by atoms with Crippen molar-refractivity contribution in [3.8, 4) is 0 Å². The highest BCUT2D eigenvalue weighted by molar-refractivity contribution is 9.10. The van der Waals surface area contributed by atoms with Crippen LogP contribution < -0.4 is 5.32 Å². The van der Waals surface area contributed by atoms with Crippen molar-refractivity contribution in [3.63, 3.8) is 0 Å². The number of halogens is 1. The number of aromatic nitrogens is 1. The van der Waals surface area contributed by atoms with Crippen molar-refractivity contribution in [1.82, 2.24) is 4.98 Å². The first-order valence-electron chi connectivity index (χ1n) is 3.63. The summed E-state index contributed by atoms with van der Waals surface area (Å²) in [5.74, 6) is 0.627. The van der Waals surface area contributed by atoms with Crippen molar-refractivity contribution in [1.29, 1.82) is 0 Å². The molecule has 1 aromatic heterocycles. The molecule has 1 rings (SSSR count). The van der Waals surface area contributed by atoms with Gasteiger partial charge in [-0.25, -0.2) is 4.98 Å². The zero-order valence-electron chi connectivity index (χ0n) is 6.67. The molecular formula is C8H9BrN2O. The van der Waals surface area contributed by atoms with E-state index in [0.717, 1.165) is 17.4 Å². The lowest BCUT2D eigenvalue weighted by molar-refractivity contribution is 0.112. The monoisotopic (exact) mass is 228 g/mol.